The Morgan fingerprint density at radius 3 is 1.33 bits per heavy atom. The van der Waals surface area contributed by atoms with Gasteiger partial charge in [0.25, 0.3) is 0 Å². The second-order valence-corrected chi connectivity index (χ2v) is 6.58. The fourth-order valence-corrected chi connectivity index (χ4v) is 3.58. The summed E-state index contributed by atoms with van der Waals surface area (Å²) in [5.41, 5.74) is 6.72. The standard InChI is InChI=1S/C21H24O3/c1-11-7-13(3)17(14(4)8-11)19(21(23)24)20(22)18-15(5)9-12(2)10-16(18)6/h7-10,22H,1-6H3,(H,23,24)/b20-19+. The SMILES string of the molecule is Cc1cc(C)c(/C(O)=C(\C(=O)O)c2c(C)cc(C)cc2C)c(C)c1. The molecule has 0 aromatic heterocycles. The molecular weight excluding hydrogens is 300 g/mol. The van der Waals surface area contributed by atoms with Crippen molar-refractivity contribution in [2.75, 3.05) is 0 Å². The number of carbonyl (C=O) groups is 1. The molecule has 2 aromatic carbocycles. The van der Waals surface area contributed by atoms with Gasteiger partial charge < -0.3 is 10.2 Å². The molecule has 3 heteroatoms. The third kappa shape index (κ3) is 3.21. The van der Waals surface area contributed by atoms with E-state index in [-0.39, 0.29) is 11.3 Å². The van der Waals surface area contributed by atoms with E-state index in [4.69, 9.17) is 0 Å². The number of aliphatic carboxylic acids is 1. The molecule has 0 aliphatic heterocycles. The summed E-state index contributed by atoms with van der Waals surface area (Å²) in [7, 11) is 0. The van der Waals surface area contributed by atoms with Gasteiger partial charge in [-0.15, -0.1) is 0 Å². The zero-order valence-electron chi connectivity index (χ0n) is 15.1. The molecule has 0 atom stereocenters. The first-order valence-electron chi connectivity index (χ1n) is 7.96. The van der Waals surface area contributed by atoms with E-state index in [9.17, 15) is 15.0 Å². The van der Waals surface area contributed by atoms with Crippen molar-refractivity contribution in [1.82, 2.24) is 0 Å². The lowest BCUT2D eigenvalue weighted by molar-refractivity contribution is -0.130. The number of aliphatic hydroxyl groups excluding tert-OH is 1. The lowest BCUT2D eigenvalue weighted by Crippen LogP contribution is -2.09. The van der Waals surface area contributed by atoms with Crippen LogP contribution in [-0.4, -0.2) is 16.2 Å². The maximum atomic E-state index is 12.0. The number of rotatable bonds is 3. The molecule has 0 saturated heterocycles. The summed E-state index contributed by atoms with van der Waals surface area (Å²) in [4.78, 5) is 12.0. The van der Waals surface area contributed by atoms with Crippen LogP contribution in [0.4, 0.5) is 0 Å². The summed E-state index contributed by atoms with van der Waals surface area (Å²) < 4.78 is 0. The second kappa shape index (κ2) is 6.52. The van der Waals surface area contributed by atoms with E-state index in [0.29, 0.717) is 11.1 Å². The number of aliphatic hydroxyl groups is 1. The van der Waals surface area contributed by atoms with Crippen molar-refractivity contribution in [1.29, 1.82) is 0 Å². The Morgan fingerprint density at radius 2 is 1.00 bits per heavy atom. The molecule has 0 heterocycles. The van der Waals surface area contributed by atoms with Crippen molar-refractivity contribution in [2.24, 2.45) is 0 Å². The predicted molar refractivity (Wildman–Crippen MR) is 98.4 cm³/mol. The van der Waals surface area contributed by atoms with Crippen LogP contribution in [0.3, 0.4) is 0 Å². The molecule has 0 radical (unpaired) electrons. The molecule has 24 heavy (non-hydrogen) atoms. The van der Waals surface area contributed by atoms with Crippen molar-refractivity contribution < 1.29 is 15.0 Å². The van der Waals surface area contributed by atoms with Crippen molar-refractivity contribution in [3.05, 3.63) is 68.8 Å². The van der Waals surface area contributed by atoms with E-state index >= 15 is 0 Å². The van der Waals surface area contributed by atoms with Gasteiger partial charge in [-0.25, -0.2) is 4.79 Å². The summed E-state index contributed by atoms with van der Waals surface area (Å²) in [5.74, 6) is -1.30. The van der Waals surface area contributed by atoms with Crippen molar-refractivity contribution in [2.45, 2.75) is 41.5 Å². The number of carboxylic acid groups (broad SMARTS) is 1. The smallest absolute Gasteiger partial charge is 0.340 e. The average Bonchev–Trinajstić information content (AvgIpc) is 2.40. The highest BCUT2D eigenvalue weighted by atomic mass is 16.4. The van der Waals surface area contributed by atoms with Crippen LogP contribution in [0.2, 0.25) is 0 Å². The van der Waals surface area contributed by atoms with Gasteiger partial charge in [0.15, 0.2) is 0 Å². The van der Waals surface area contributed by atoms with E-state index in [0.717, 1.165) is 33.4 Å². The van der Waals surface area contributed by atoms with Crippen LogP contribution in [0.5, 0.6) is 0 Å². The molecule has 0 fully saturated rings. The highest BCUT2D eigenvalue weighted by Gasteiger charge is 2.23. The van der Waals surface area contributed by atoms with Gasteiger partial charge in [0.05, 0.1) is 0 Å². The number of carboxylic acids is 1. The Kier molecular flexibility index (Phi) is 4.83. The van der Waals surface area contributed by atoms with E-state index < -0.39 is 5.97 Å². The summed E-state index contributed by atoms with van der Waals surface area (Å²) in [5, 5.41) is 20.7. The maximum absolute atomic E-state index is 12.0. The Balaban J connectivity index is 2.86. The van der Waals surface area contributed by atoms with Gasteiger partial charge in [0.2, 0.25) is 0 Å². The first kappa shape index (κ1) is 17.8. The van der Waals surface area contributed by atoms with Crippen LogP contribution < -0.4 is 0 Å². The summed E-state index contributed by atoms with van der Waals surface area (Å²) in [6, 6.07) is 7.78. The first-order chi connectivity index (χ1) is 11.1. The number of aryl methyl sites for hydroxylation is 6. The molecule has 0 unspecified atom stereocenters. The van der Waals surface area contributed by atoms with Gasteiger partial charge in [-0.1, -0.05) is 35.4 Å². The van der Waals surface area contributed by atoms with E-state index in [1.807, 2.05) is 65.8 Å². The Morgan fingerprint density at radius 1 is 0.667 bits per heavy atom. The fourth-order valence-electron chi connectivity index (χ4n) is 3.58. The van der Waals surface area contributed by atoms with Gasteiger partial charge in [0, 0.05) is 5.56 Å². The summed E-state index contributed by atoms with van der Waals surface area (Å²) >= 11 is 0. The van der Waals surface area contributed by atoms with E-state index in [1.165, 1.54) is 0 Å². The van der Waals surface area contributed by atoms with Gasteiger partial charge in [-0.2, -0.15) is 0 Å². The minimum Gasteiger partial charge on any atom is -0.506 e. The Bertz CT molecular complexity index is 811. The molecule has 0 spiro atoms. The van der Waals surface area contributed by atoms with Crippen LogP contribution >= 0.6 is 0 Å². The lowest BCUT2D eigenvalue weighted by atomic mass is 9.89. The maximum Gasteiger partial charge on any atom is 0.340 e. The largest absolute Gasteiger partial charge is 0.506 e. The van der Waals surface area contributed by atoms with Crippen LogP contribution in [0.25, 0.3) is 11.3 Å². The van der Waals surface area contributed by atoms with E-state index in [2.05, 4.69) is 0 Å². The van der Waals surface area contributed by atoms with Gasteiger partial charge in [-0.05, 0) is 69.4 Å². The number of hydrogen-bond acceptors (Lipinski definition) is 2. The van der Waals surface area contributed by atoms with Crippen LogP contribution in [-0.2, 0) is 4.79 Å². The van der Waals surface area contributed by atoms with Gasteiger partial charge in [0.1, 0.15) is 11.3 Å². The molecule has 0 aliphatic rings. The quantitative estimate of drug-likeness (QED) is 0.472. The summed E-state index contributed by atoms with van der Waals surface area (Å²) in [6.45, 7) is 11.5. The number of benzene rings is 2. The fraction of sp³-hybridized carbons (Fsp3) is 0.286. The highest BCUT2D eigenvalue weighted by Crippen LogP contribution is 2.33. The van der Waals surface area contributed by atoms with E-state index in [1.54, 1.807) is 0 Å². The third-order valence-electron chi connectivity index (χ3n) is 4.29. The molecule has 126 valence electrons. The molecule has 3 nitrogen and oxygen atoms in total. The Hall–Kier alpha value is -2.55. The number of hydrogen-bond donors (Lipinski definition) is 2. The monoisotopic (exact) mass is 324 g/mol. The zero-order valence-corrected chi connectivity index (χ0v) is 15.1. The highest BCUT2D eigenvalue weighted by molar-refractivity contribution is 6.23. The van der Waals surface area contributed by atoms with Crippen molar-refractivity contribution >= 4 is 17.3 Å². The van der Waals surface area contributed by atoms with Gasteiger partial charge in [-0.3, -0.25) is 0 Å². The second-order valence-electron chi connectivity index (χ2n) is 6.58. The molecule has 0 saturated carbocycles. The predicted octanol–water partition coefficient (Wildman–Crippen LogP) is 5.05. The molecule has 0 bridgehead atoms. The zero-order chi connectivity index (χ0) is 18.2. The van der Waals surface area contributed by atoms with Crippen molar-refractivity contribution in [3.8, 4) is 0 Å². The summed E-state index contributed by atoms with van der Waals surface area (Å²) in [6.07, 6.45) is 0. The molecule has 2 aromatic rings. The lowest BCUT2D eigenvalue weighted by Gasteiger charge is -2.17. The molecule has 2 N–H and O–H groups in total. The normalized spacial score (nSPS) is 12.1. The average molecular weight is 324 g/mol. The molecule has 0 aliphatic carbocycles. The van der Waals surface area contributed by atoms with Crippen LogP contribution in [0, 0.1) is 41.5 Å². The minimum atomic E-state index is -1.12. The molecular formula is C21H24O3. The third-order valence-corrected chi connectivity index (χ3v) is 4.29. The molecule has 2 rings (SSSR count). The molecule has 0 amide bonds. The first-order valence-corrected chi connectivity index (χ1v) is 7.96. The van der Waals surface area contributed by atoms with Crippen LogP contribution in [0.15, 0.2) is 24.3 Å². The van der Waals surface area contributed by atoms with Crippen LogP contribution in [0.1, 0.15) is 44.5 Å². The minimum absolute atomic E-state index is 0.0416. The van der Waals surface area contributed by atoms with Crippen molar-refractivity contribution in [3.63, 3.8) is 0 Å². The Labute approximate surface area is 143 Å². The van der Waals surface area contributed by atoms with Gasteiger partial charge >= 0.3 is 5.97 Å². The topological polar surface area (TPSA) is 57.5 Å².